The molecule has 0 saturated carbocycles. The van der Waals surface area contributed by atoms with Gasteiger partial charge in [-0.1, -0.05) is 84.9 Å². The van der Waals surface area contributed by atoms with Crippen molar-refractivity contribution < 1.29 is 31.3 Å². The Morgan fingerprint density at radius 1 is 0.478 bits per heavy atom. The van der Waals surface area contributed by atoms with Crippen LogP contribution in [0, 0.1) is 0 Å². The molecule has 0 aliphatic carbocycles. The Hall–Kier alpha value is -2.31. The van der Waals surface area contributed by atoms with Crippen molar-refractivity contribution in [1.29, 1.82) is 0 Å². The molecule has 0 amide bonds. The van der Waals surface area contributed by atoms with Crippen molar-refractivity contribution in [2.24, 2.45) is 0 Å². The third-order valence-corrected chi connectivity index (χ3v) is 3.53. The predicted octanol–water partition coefficient (Wildman–Crippen LogP) is 3.11. The molecule has 3 aromatic carbocycles. The van der Waals surface area contributed by atoms with Crippen molar-refractivity contribution >= 4 is 11.5 Å². The number of hydrogen-bond acceptors (Lipinski definition) is 2. The van der Waals surface area contributed by atoms with E-state index in [2.05, 4.69) is 0 Å². The Morgan fingerprint density at radius 2 is 0.783 bits per heavy atom. The quantitative estimate of drug-likeness (QED) is 0.589. The summed E-state index contributed by atoms with van der Waals surface area (Å²) in [7, 11) is 0. The maximum Gasteiger partial charge on any atom is 2.00 e. The van der Waals surface area contributed by atoms with Gasteiger partial charge in [0.15, 0.2) is 0 Å². The van der Waals surface area contributed by atoms with Crippen molar-refractivity contribution in [3.05, 3.63) is 106 Å². The molecule has 3 aromatic rings. The summed E-state index contributed by atoms with van der Waals surface area (Å²) in [6.07, 6.45) is 0. The number of aliphatic hydroxyl groups is 2. The minimum atomic E-state index is 0. The minimum absolute atomic E-state index is 0. The summed E-state index contributed by atoms with van der Waals surface area (Å²) in [5.74, 6) is 0.303. The fraction of sp³-hybridized carbons (Fsp3) is 0. The van der Waals surface area contributed by atoms with Crippen LogP contribution in [-0.2, 0) is 21.1 Å². The van der Waals surface area contributed by atoms with Crippen LogP contribution in [0.25, 0.3) is 11.5 Å². The van der Waals surface area contributed by atoms with Crippen LogP contribution in [0.15, 0.2) is 84.9 Å². The fourth-order valence-electron chi connectivity index (χ4n) is 2.40. The van der Waals surface area contributed by atoms with Crippen molar-refractivity contribution in [1.82, 2.24) is 0 Å². The van der Waals surface area contributed by atoms with E-state index < -0.39 is 0 Å². The van der Waals surface area contributed by atoms with Crippen LogP contribution < -0.4 is 10.4 Å². The smallest absolute Gasteiger partial charge is 0.507 e. The van der Waals surface area contributed by atoms with Crippen LogP contribution in [-0.4, -0.2) is 10.2 Å². The van der Waals surface area contributed by atoms with E-state index in [0.29, 0.717) is 10.4 Å². The summed E-state index contributed by atoms with van der Waals surface area (Å²) >= 11 is 0. The molecule has 23 heavy (non-hydrogen) atoms. The van der Waals surface area contributed by atoms with Gasteiger partial charge in [0.05, 0.1) is 0 Å². The summed E-state index contributed by atoms with van der Waals surface area (Å²) in [5, 5.41) is 22.3. The van der Waals surface area contributed by atoms with Gasteiger partial charge in [-0.15, -0.1) is 0 Å². The van der Waals surface area contributed by atoms with Gasteiger partial charge < -0.3 is 10.2 Å². The Kier molecular flexibility index (Phi) is 5.78. The van der Waals surface area contributed by atoms with Gasteiger partial charge in [-0.2, -0.15) is 0 Å². The molecule has 0 bridgehead atoms. The third-order valence-electron chi connectivity index (χ3n) is 3.53. The van der Waals surface area contributed by atoms with Crippen LogP contribution in [0.5, 0.6) is 0 Å². The second-order valence-corrected chi connectivity index (χ2v) is 4.97. The van der Waals surface area contributed by atoms with Gasteiger partial charge in [-0.05, 0) is 0 Å². The molecule has 3 heteroatoms. The molecule has 0 heterocycles. The van der Waals surface area contributed by atoms with Gasteiger partial charge in [0, 0.05) is 21.6 Å². The summed E-state index contributed by atoms with van der Waals surface area (Å²) in [6.45, 7) is 0. The Morgan fingerprint density at radius 3 is 1.13 bits per heavy atom. The zero-order chi connectivity index (χ0) is 15.4. The SMILES string of the molecule is OC(c1ccccc1)=c1ccccc1=C(O)c1ccccc1.[Pt+2]. The Labute approximate surface area is 149 Å². The predicted molar refractivity (Wildman–Crippen MR) is 88.9 cm³/mol. The van der Waals surface area contributed by atoms with Gasteiger partial charge in [0.1, 0.15) is 11.5 Å². The first-order valence-electron chi connectivity index (χ1n) is 7.10. The first-order chi connectivity index (χ1) is 10.8. The number of rotatable bonds is 2. The summed E-state index contributed by atoms with van der Waals surface area (Å²) < 4.78 is 0. The van der Waals surface area contributed by atoms with E-state index >= 15 is 0 Å². The third kappa shape index (κ3) is 3.72. The molecule has 0 spiro atoms. The van der Waals surface area contributed by atoms with Crippen LogP contribution in [0.4, 0.5) is 0 Å². The molecular weight excluding hydrogens is 467 g/mol. The van der Waals surface area contributed by atoms with Crippen LogP contribution >= 0.6 is 0 Å². The standard InChI is InChI=1S/C20H16O2.Pt/c21-19(15-9-3-1-4-10-15)17-13-7-8-14-18(17)20(22)16-11-5-2-6-12-16;/h1-14,21-22H;/q;+2. The normalized spacial score (nSPS) is 12.9. The van der Waals surface area contributed by atoms with Gasteiger partial charge >= 0.3 is 21.1 Å². The van der Waals surface area contributed by atoms with Gasteiger partial charge in [-0.3, -0.25) is 0 Å². The molecular formula is C20H16O2Pt+2. The molecule has 0 unspecified atom stereocenters. The summed E-state index contributed by atoms with van der Waals surface area (Å²) in [4.78, 5) is 0. The second kappa shape index (κ2) is 7.80. The van der Waals surface area contributed by atoms with Gasteiger partial charge in [-0.25, -0.2) is 0 Å². The van der Waals surface area contributed by atoms with Gasteiger partial charge in [0.25, 0.3) is 0 Å². The molecule has 2 N–H and O–H groups in total. The van der Waals surface area contributed by atoms with E-state index in [0.717, 1.165) is 11.1 Å². The first kappa shape index (κ1) is 17.0. The average molecular weight is 483 g/mol. The van der Waals surface area contributed by atoms with E-state index in [-0.39, 0.29) is 32.6 Å². The van der Waals surface area contributed by atoms with E-state index in [1.807, 2.05) is 72.8 Å². The average Bonchev–Trinajstić information content (AvgIpc) is 2.62. The van der Waals surface area contributed by atoms with E-state index in [9.17, 15) is 10.2 Å². The van der Waals surface area contributed by atoms with E-state index in [4.69, 9.17) is 0 Å². The minimum Gasteiger partial charge on any atom is -0.507 e. The van der Waals surface area contributed by atoms with Gasteiger partial charge in [0.2, 0.25) is 0 Å². The van der Waals surface area contributed by atoms with E-state index in [1.54, 1.807) is 12.1 Å². The molecule has 3 rings (SSSR count). The topological polar surface area (TPSA) is 40.5 Å². The summed E-state index contributed by atoms with van der Waals surface area (Å²) in [6, 6.07) is 25.9. The maximum absolute atomic E-state index is 10.6. The largest absolute Gasteiger partial charge is 2.00 e. The molecule has 0 saturated heterocycles. The molecule has 2 nitrogen and oxygen atoms in total. The number of benzene rings is 3. The van der Waals surface area contributed by atoms with Crippen molar-refractivity contribution in [3.63, 3.8) is 0 Å². The van der Waals surface area contributed by atoms with Crippen molar-refractivity contribution in [3.8, 4) is 0 Å². The monoisotopic (exact) mass is 483 g/mol. The fourth-order valence-corrected chi connectivity index (χ4v) is 2.40. The van der Waals surface area contributed by atoms with Crippen LogP contribution in [0.2, 0.25) is 0 Å². The molecule has 0 aliphatic heterocycles. The molecule has 0 fully saturated rings. The summed E-state index contributed by atoms with van der Waals surface area (Å²) in [5.41, 5.74) is 1.44. The van der Waals surface area contributed by atoms with Crippen LogP contribution in [0.1, 0.15) is 11.1 Å². The van der Waals surface area contributed by atoms with Crippen LogP contribution in [0.3, 0.4) is 0 Å². The molecule has 116 valence electrons. The number of aliphatic hydroxyl groups excluding tert-OH is 2. The zero-order valence-electron chi connectivity index (χ0n) is 12.3. The zero-order valence-corrected chi connectivity index (χ0v) is 14.6. The molecule has 0 atom stereocenters. The Bertz CT molecular complexity index is 811. The second-order valence-electron chi connectivity index (χ2n) is 4.97. The van der Waals surface area contributed by atoms with Crippen molar-refractivity contribution in [2.75, 3.05) is 0 Å². The number of hydrogen-bond donors (Lipinski definition) is 2. The Balaban J connectivity index is 0.00000192. The first-order valence-corrected chi connectivity index (χ1v) is 7.10. The van der Waals surface area contributed by atoms with E-state index in [1.165, 1.54) is 0 Å². The van der Waals surface area contributed by atoms with Crippen molar-refractivity contribution in [2.45, 2.75) is 0 Å². The maximum atomic E-state index is 10.6. The molecule has 0 aliphatic rings. The molecule has 0 radical (unpaired) electrons. The molecule has 0 aromatic heterocycles.